The molecule has 3 amide bonds. The summed E-state index contributed by atoms with van der Waals surface area (Å²) in [6.45, 7) is 1.52. The van der Waals surface area contributed by atoms with Crippen LogP contribution in [0.2, 0.25) is 0 Å². The Morgan fingerprint density at radius 2 is 1.77 bits per heavy atom. The van der Waals surface area contributed by atoms with Gasteiger partial charge in [0.15, 0.2) is 0 Å². The molecule has 1 N–H and O–H groups in total. The summed E-state index contributed by atoms with van der Waals surface area (Å²) in [7, 11) is 0. The van der Waals surface area contributed by atoms with Crippen LogP contribution < -0.4 is 10.2 Å². The highest BCUT2D eigenvalue weighted by atomic mass is 32.2. The van der Waals surface area contributed by atoms with E-state index in [1.165, 1.54) is 37.3 Å². The van der Waals surface area contributed by atoms with E-state index < -0.39 is 28.9 Å². The van der Waals surface area contributed by atoms with Crippen molar-refractivity contribution in [3.8, 4) is 0 Å². The maximum absolute atomic E-state index is 14.0. The van der Waals surface area contributed by atoms with Crippen molar-refractivity contribution < 1.29 is 27.2 Å². The van der Waals surface area contributed by atoms with Crippen molar-refractivity contribution in [1.29, 1.82) is 0 Å². The number of fused-ring (bicyclic) bond motifs is 1. The van der Waals surface area contributed by atoms with Gasteiger partial charge in [-0.25, -0.2) is 14.7 Å². The van der Waals surface area contributed by atoms with Crippen LogP contribution in [-0.4, -0.2) is 28.0 Å². The molecule has 3 aromatic rings. The van der Waals surface area contributed by atoms with Gasteiger partial charge in [0.25, 0.3) is 5.91 Å². The summed E-state index contributed by atoms with van der Waals surface area (Å²) >= 11 is -0.288. The van der Waals surface area contributed by atoms with Gasteiger partial charge >= 0.3 is 11.5 Å². The number of amides is 3. The van der Waals surface area contributed by atoms with Crippen molar-refractivity contribution in [3.05, 3.63) is 66.1 Å². The lowest BCUT2D eigenvalue weighted by atomic mass is 9.91. The van der Waals surface area contributed by atoms with Gasteiger partial charge in [-0.1, -0.05) is 18.2 Å². The number of carbonyl (C=O) groups is 2. The third-order valence-corrected chi connectivity index (χ3v) is 5.64. The van der Waals surface area contributed by atoms with Gasteiger partial charge in [0.05, 0.1) is 11.2 Å². The van der Waals surface area contributed by atoms with Crippen molar-refractivity contribution in [2.24, 2.45) is 0 Å². The number of benzene rings is 2. The zero-order valence-corrected chi connectivity index (χ0v) is 16.9. The number of nitrogens with one attached hydrogen (secondary N) is 1. The van der Waals surface area contributed by atoms with E-state index in [4.69, 9.17) is 0 Å². The first-order valence-electron chi connectivity index (χ1n) is 9.12. The molecule has 2 heterocycles. The van der Waals surface area contributed by atoms with E-state index in [9.17, 15) is 27.2 Å². The summed E-state index contributed by atoms with van der Waals surface area (Å²) < 4.78 is 51.5. The van der Waals surface area contributed by atoms with Crippen LogP contribution in [0.3, 0.4) is 0 Å². The number of urea groups is 1. The van der Waals surface area contributed by atoms with Crippen LogP contribution in [0.1, 0.15) is 12.5 Å². The topological polar surface area (TPSA) is 62.3 Å². The molecule has 0 radical (unpaired) electrons. The molecular formula is C21H15F4N3O2S. The minimum atomic E-state index is -4.44. The SMILES string of the molecule is CC1(Cc2cc(F)nc3ccccc23)NC(=O)N(c2ccc(SC(F)(F)F)cc2)C1=O. The number of hydrogen-bond acceptors (Lipinski definition) is 4. The zero-order chi connectivity index (χ0) is 22.4. The van der Waals surface area contributed by atoms with Crippen LogP contribution in [0, 0.1) is 5.95 Å². The molecule has 10 heteroatoms. The minimum absolute atomic E-state index is 0.00996. The van der Waals surface area contributed by atoms with E-state index in [-0.39, 0.29) is 28.8 Å². The van der Waals surface area contributed by atoms with Gasteiger partial charge in [-0.05, 0) is 60.6 Å². The predicted molar refractivity (Wildman–Crippen MR) is 108 cm³/mol. The number of halogens is 4. The monoisotopic (exact) mass is 449 g/mol. The van der Waals surface area contributed by atoms with Crippen molar-refractivity contribution in [3.63, 3.8) is 0 Å². The highest BCUT2D eigenvalue weighted by Crippen LogP contribution is 2.38. The number of pyridine rings is 1. The number of nitrogens with zero attached hydrogens (tertiary/aromatic N) is 2. The number of aromatic nitrogens is 1. The first-order chi connectivity index (χ1) is 14.6. The zero-order valence-electron chi connectivity index (χ0n) is 16.0. The van der Waals surface area contributed by atoms with E-state index in [1.807, 2.05) is 0 Å². The maximum Gasteiger partial charge on any atom is 0.446 e. The molecule has 0 saturated carbocycles. The average molecular weight is 449 g/mol. The summed E-state index contributed by atoms with van der Waals surface area (Å²) in [5.74, 6) is -1.29. The second-order valence-electron chi connectivity index (χ2n) is 7.24. The van der Waals surface area contributed by atoms with Crippen molar-refractivity contribution >= 4 is 40.3 Å². The minimum Gasteiger partial charge on any atom is -0.323 e. The third-order valence-electron chi connectivity index (χ3n) is 4.90. The summed E-state index contributed by atoms with van der Waals surface area (Å²) in [5, 5.41) is 3.28. The van der Waals surface area contributed by atoms with Gasteiger partial charge in [0.1, 0.15) is 5.54 Å². The number of hydrogen-bond donors (Lipinski definition) is 1. The molecule has 1 saturated heterocycles. The molecule has 1 aromatic heterocycles. The molecule has 31 heavy (non-hydrogen) atoms. The van der Waals surface area contributed by atoms with E-state index in [0.717, 1.165) is 4.90 Å². The normalized spacial score (nSPS) is 19.2. The molecular weight excluding hydrogens is 434 g/mol. The fourth-order valence-corrected chi connectivity index (χ4v) is 4.11. The third kappa shape index (κ3) is 4.20. The number of thioether (sulfide) groups is 1. The maximum atomic E-state index is 14.0. The number of para-hydroxylation sites is 1. The Morgan fingerprint density at radius 1 is 1.10 bits per heavy atom. The highest BCUT2D eigenvalue weighted by Gasteiger charge is 2.48. The molecule has 160 valence electrons. The summed E-state index contributed by atoms with van der Waals surface area (Å²) in [6, 6.07) is 12.3. The van der Waals surface area contributed by atoms with Crippen molar-refractivity contribution in [2.45, 2.75) is 29.3 Å². The van der Waals surface area contributed by atoms with Crippen molar-refractivity contribution in [1.82, 2.24) is 10.3 Å². The molecule has 0 bridgehead atoms. The Kier molecular flexibility index (Phi) is 5.12. The molecule has 4 rings (SSSR count). The lowest BCUT2D eigenvalue weighted by Crippen LogP contribution is -2.46. The molecule has 1 unspecified atom stereocenters. The highest BCUT2D eigenvalue weighted by molar-refractivity contribution is 8.00. The van der Waals surface area contributed by atoms with E-state index in [0.29, 0.717) is 16.5 Å². The van der Waals surface area contributed by atoms with E-state index >= 15 is 0 Å². The molecule has 1 fully saturated rings. The van der Waals surface area contributed by atoms with E-state index in [2.05, 4.69) is 10.3 Å². The fourth-order valence-electron chi connectivity index (χ4n) is 3.57. The number of imide groups is 1. The van der Waals surface area contributed by atoms with Crippen LogP contribution >= 0.6 is 11.8 Å². The molecule has 0 aliphatic carbocycles. The second kappa shape index (κ2) is 7.52. The number of carbonyl (C=O) groups excluding carboxylic acids is 2. The Labute approximate surface area is 178 Å². The summed E-state index contributed by atoms with van der Waals surface area (Å²) in [5.41, 5.74) is -4.75. The van der Waals surface area contributed by atoms with Crippen molar-refractivity contribution in [2.75, 3.05) is 4.90 Å². The average Bonchev–Trinajstić information content (AvgIpc) is 2.89. The molecule has 1 atom stereocenters. The first kappa shape index (κ1) is 21.1. The molecule has 1 aliphatic rings. The Balaban J connectivity index is 1.62. The lowest BCUT2D eigenvalue weighted by molar-refractivity contribution is -0.121. The van der Waals surface area contributed by atoms with Gasteiger partial charge in [-0.15, -0.1) is 0 Å². The number of rotatable bonds is 4. The van der Waals surface area contributed by atoms with Gasteiger partial charge in [0.2, 0.25) is 5.95 Å². The molecule has 1 aliphatic heterocycles. The molecule has 2 aromatic carbocycles. The fraction of sp³-hybridized carbons (Fsp3) is 0.190. The van der Waals surface area contributed by atoms with Gasteiger partial charge < -0.3 is 5.32 Å². The first-order valence-corrected chi connectivity index (χ1v) is 9.94. The van der Waals surface area contributed by atoms with Crippen LogP contribution in [0.15, 0.2) is 59.5 Å². The van der Waals surface area contributed by atoms with Gasteiger partial charge in [-0.3, -0.25) is 4.79 Å². The second-order valence-corrected chi connectivity index (χ2v) is 8.38. The summed E-state index contributed by atoms with van der Waals surface area (Å²) in [6.07, 6.45) is 0.00996. The van der Waals surface area contributed by atoms with Crippen LogP contribution in [-0.2, 0) is 11.2 Å². The van der Waals surface area contributed by atoms with Gasteiger partial charge in [0, 0.05) is 16.7 Å². The van der Waals surface area contributed by atoms with E-state index in [1.54, 1.807) is 24.3 Å². The largest absolute Gasteiger partial charge is 0.446 e. The number of anilines is 1. The summed E-state index contributed by atoms with van der Waals surface area (Å²) in [4.78, 5) is 30.3. The van der Waals surface area contributed by atoms with Gasteiger partial charge in [-0.2, -0.15) is 17.6 Å². The Bertz CT molecular complexity index is 1180. The predicted octanol–water partition coefficient (Wildman–Crippen LogP) is 5.04. The van der Waals surface area contributed by atoms with Crippen LogP contribution in [0.25, 0.3) is 10.9 Å². The Hall–Kier alpha value is -3.14. The molecule has 0 spiro atoms. The van der Waals surface area contributed by atoms with Crippen LogP contribution in [0.5, 0.6) is 0 Å². The quantitative estimate of drug-likeness (QED) is 0.262. The lowest BCUT2D eigenvalue weighted by Gasteiger charge is -2.22. The van der Waals surface area contributed by atoms with Crippen LogP contribution in [0.4, 0.5) is 28.0 Å². The smallest absolute Gasteiger partial charge is 0.323 e. The Morgan fingerprint density at radius 3 is 2.45 bits per heavy atom. The standard InChI is InChI=1S/C21H15F4N3O2S/c1-20(11-12-10-17(22)26-16-5-3-2-4-15(12)16)18(29)28(19(30)27-20)13-6-8-14(9-7-13)31-21(23,24)25/h2-10H,11H2,1H3,(H,27,30). The number of alkyl halides is 3. The molecule has 5 nitrogen and oxygen atoms in total.